The average molecular weight is 320 g/mol. The maximum atomic E-state index is 4.15. The Labute approximate surface area is 107 Å². The van der Waals surface area contributed by atoms with E-state index in [9.17, 15) is 0 Å². The molecule has 0 spiro atoms. The molecule has 1 aromatic rings. The number of hydrogen-bond acceptors (Lipinski definition) is 1. The van der Waals surface area contributed by atoms with Crippen molar-refractivity contribution in [3.05, 3.63) is 18.7 Å². The van der Waals surface area contributed by atoms with E-state index in [-0.39, 0.29) is 5.41 Å². The van der Waals surface area contributed by atoms with Crippen LogP contribution in [0.25, 0.3) is 0 Å². The molecule has 1 rings (SSSR count). The Morgan fingerprint density at radius 2 is 1.87 bits per heavy atom. The highest BCUT2D eigenvalue weighted by molar-refractivity contribution is 14.1. The second-order valence-electron chi connectivity index (χ2n) is 5.81. The number of imidazole rings is 1. The van der Waals surface area contributed by atoms with Gasteiger partial charge in [-0.05, 0) is 11.8 Å². The van der Waals surface area contributed by atoms with Crippen LogP contribution in [0, 0.1) is 5.41 Å². The number of aromatic nitrogens is 2. The van der Waals surface area contributed by atoms with Gasteiger partial charge in [-0.25, -0.2) is 4.98 Å². The maximum Gasteiger partial charge on any atom is 0.0948 e. The maximum absolute atomic E-state index is 4.15. The van der Waals surface area contributed by atoms with Crippen molar-refractivity contribution in [3.8, 4) is 0 Å². The van der Waals surface area contributed by atoms with Crippen molar-refractivity contribution >= 4 is 22.6 Å². The van der Waals surface area contributed by atoms with E-state index in [1.807, 2.05) is 12.5 Å². The van der Waals surface area contributed by atoms with Crippen molar-refractivity contribution in [3.63, 3.8) is 0 Å². The van der Waals surface area contributed by atoms with Crippen LogP contribution in [0.15, 0.2) is 18.7 Å². The predicted molar refractivity (Wildman–Crippen MR) is 73.4 cm³/mol. The normalized spacial score (nSPS) is 15.3. The minimum atomic E-state index is 0.267. The molecule has 1 heterocycles. The third-order valence-corrected chi connectivity index (χ3v) is 3.00. The number of alkyl halides is 1. The Morgan fingerprint density at radius 1 is 1.27 bits per heavy atom. The molecule has 1 aromatic heterocycles. The molecular formula is C12H21IN2. The highest BCUT2D eigenvalue weighted by Gasteiger charge is 2.30. The molecule has 0 aliphatic heterocycles. The Morgan fingerprint density at radius 3 is 2.20 bits per heavy atom. The Bertz CT molecular complexity index is 290. The van der Waals surface area contributed by atoms with Crippen molar-refractivity contribution in [2.45, 2.75) is 50.5 Å². The fraction of sp³-hybridized carbons (Fsp3) is 0.750. The second kappa shape index (κ2) is 4.44. The van der Waals surface area contributed by atoms with Gasteiger partial charge in [0.15, 0.2) is 0 Å². The molecule has 0 N–H and O–H groups in total. The zero-order chi connectivity index (χ0) is 11.7. The van der Waals surface area contributed by atoms with Gasteiger partial charge in [-0.3, -0.25) is 0 Å². The van der Waals surface area contributed by atoms with E-state index in [0.29, 0.717) is 9.46 Å². The third kappa shape index (κ3) is 4.13. The molecule has 0 saturated heterocycles. The lowest BCUT2D eigenvalue weighted by Crippen LogP contribution is -2.29. The van der Waals surface area contributed by atoms with Gasteiger partial charge in [-0.2, -0.15) is 0 Å². The molecular weight excluding hydrogens is 299 g/mol. The fourth-order valence-corrected chi connectivity index (χ4v) is 2.19. The summed E-state index contributed by atoms with van der Waals surface area (Å²) < 4.78 is 2.56. The van der Waals surface area contributed by atoms with Crippen molar-refractivity contribution < 1.29 is 0 Å². The zero-order valence-corrected chi connectivity index (χ0v) is 12.4. The molecule has 2 nitrogen and oxygen atoms in total. The average Bonchev–Trinajstić information content (AvgIpc) is 2.47. The first-order chi connectivity index (χ1) is 6.70. The van der Waals surface area contributed by atoms with E-state index >= 15 is 0 Å². The quantitative estimate of drug-likeness (QED) is 0.606. The second-order valence-corrected chi connectivity index (χ2v) is 8.73. The van der Waals surface area contributed by atoms with E-state index in [1.54, 1.807) is 0 Å². The monoisotopic (exact) mass is 320 g/mol. The summed E-state index contributed by atoms with van der Waals surface area (Å²) in [5.41, 5.74) is 0.267. The molecule has 0 aliphatic carbocycles. The Kier molecular flexibility index (Phi) is 3.85. The van der Waals surface area contributed by atoms with Crippen LogP contribution >= 0.6 is 22.6 Å². The molecule has 0 bridgehead atoms. The number of hydrogen-bond donors (Lipinski definition) is 0. The smallest absolute Gasteiger partial charge is 0.0948 e. The summed E-state index contributed by atoms with van der Waals surface area (Å²) >= 11 is 2.52. The summed E-state index contributed by atoms with van der Waals surface area (Å²) in [7, 11) is 0. The zero-order valence-electron chi connectivity index (χ0n) is 10.3. The van der Waals surface area contributed by atoms with Gasteiger partial charge in [0.05, 0.1) is 6.33 Å². The Hall–Kier alpha value is -0.0600. The van der Waals surface area contributed by atoms with Gasteiger partial charge >= 0.3 is 0 Å². The fourth-order valence-electron chi connectivity index (χ4n) is 1.77. The minimum Gasteiger partial charge on any atom is -0.334 e. The van der Waals surface area contributed by atoms with Gasteiger partial charge in [-0.15, -0.1) is 0 Å². The first-order valence-corrected chi connectivity index (χ1v) is 6.44. The van der Waals surface area contributed by atoms with Crippen molar-refractivity contribution in [1.82, 2.24) is 9.55 Å². The standard InChI is InChI=1S/C12H21IN2/c1-11(2,3)10(8-12(4,5)13)15-7-6-14-9-15/h6-7,9-10H,8H2,1-5H3. The van der Waals surface area contributed by atoms with Gasteiger partial charge in [-0.1, -0.05) is 57.2 Å². The van der Waals surface area contributed by atoms with Crippen LogP contribution in [0.3, 0.4) is 0 Å². The van der Waals surface area contributed by atoms with E-state index in [1.165, 1.54) is 0 Å². The number of nitrogens with zero attached hydrogens (tertiary/aromatic N) is 2. The molecule has 3 heteroatoms. The van der Waals surface area contributed by atoms with E-state index in [4.69, 9.17) is 0 Å². The topological polar surface area (TPSA) is 17.8 Å². The molecule has 0 aromatic carbocycles. The summed E-state index contributed by atoms with van der Waals surface area (Å²) in [5, 5.41) is 0. The molecule has 0 saturated carbocycles. The van der Waals surface area contributed by atoms with Gasteiger partial charge < -0.3 is 4.57 Å². The molecule has 0 aliphatic rings. The SMILES string of the molecule is CC(C)(I)CC(n1ccnc1)C(C)(C)C. The molecule has 15 heavy (non-hydrogen) atoms. The molecule has 1 atom stereocenters. The van der Waals surface area contributed by atoms with E-state index in [2.05, 4.69) is 73.0 Å². The largest absolute Gasteiger partial charge is 0.334 e. The summed E-state index contributed by atoms with van der Waals surface area (Å²) in [5.74, 6) is 0. The third-order valence-electron chi connectivity index (χ3n) is 2.56. The first-order valence-electron chi connectivity index (χ1n) is 5.36. The van der Waals surface area contributed by atoms with E-state index < -0.39 is 0 Å². The van der Waals surface area contributed by atoms with Crippen LogP contribution in [-0.4, -0.2) is 13.0 Å². The Balaban J connectivity index is 2.90. The van der Waals surface area contributed by atoms with Gasteiger partial charge in [0.1, 0.15) is 0 Å². The number of halogens is 1. The lowest BCUT2D eigenvalue weighted by atomic mass is 9.82. The minimum absolute atomic E-state index is 0.267. The van der Waals surface area contributed by atoms with Crippen LogP contribution in [0.5, 0.6) is 0 Å². The lowest BCUT2D eigenvalue weighted by Gasteiger charge is -2.35. The molecule has 0 amide bonds. The van der Waals surface area contributed by atoms with Crippen LogP contribution < -0.4 is 0 Å². The molecule has 86 valence electrons. The highest BCUT2D eigenvalue weighted by Crippen LogP contribution is 2.39. The van der Waals surface area contributed by atoms with Crippen LogP contribution in [0.4, 0.5) is 0 Å². The molecule has 1 unspecified atom stereocenters. The van der Waals surface area contributed by atoms with E-state index in [0.717, 1.165) is 6.42 Å². The van der Waals surface area contributed by atoms with Gasteiger partial charge in [0, 0.05) is 21.9 Å². The van der Waals surface area contributed by atoms with Crippen molar-refractivity contribution in [2.24, 2.45) is 5.41 Å². The lowest BCUT2D eigenvalue weighted by molar-refractivity contribution is 0.218. The summed E-state index contributed by atoms with van der Waals surface area (Å²) in [6, 6.07) is 0.506. The van der Waals surface area contributed by atoms with Crippen molar-refractivity contribution in [2.75, 3.05) is 0 Å². The number of rotatable bonds is 3. The summed E-state index contributed by atoms with van der Waals surface area (Å²) in [6.07, 6.45) is 7.02. The van der Waals surface area contributed by atoms with Crippen LogP contribution in [-0.2, 0) is 0 Å². The summed E-state index contributed by atoms with van der Waals surface area (Å²) in [6.45, 7) is 11.4. The predicted octanol–water partition coefficient (Wildman–Crippen LogP) is 4.07. The molecule has 0 radical (unpaired) electrons. The van der Waals surface area contributed by atoms with Gasteiger partial charge in [0.25, 0.3) is 0 Å². The molecule has 0 fully saturated rings. The van der Waals surface area contributed by atoms with Gasteiger partial charge in [0.2, 0.25) is 0 Å². The summed E-state index contributed by atoms with van der Waals surface area (Å²) in [4.78, 5) is 4.15. The van der Waals surface area contributed by atoms with Crippen LogP contribution in [0.2, 0.25) is 0 Å². The first kappa shape index (κ1) is 13.0. The highest BCUT2D eigenvalue weighted by atomic mass is 127. The van der Waals surface area contributed by atoms with Crippen LogP contribution in [0.1, 0.15) is 47.1 Å². The van der Waals surface area contributed by atoms with Crippen molar-refractivity contribution in [1.29, 1.82) is 0 Å².